The standard InChI is InChI=1S/C19H24ClN3O2/c1-12-10-23(11-13(2)25-12)7-6-21-19(24)17-9-15-8-16(20)4-5-18(15)22-14(17)3/h4-5,8-9,12-13H,6-7,10-11H2,1-3H3,(H,21,24). The summed E-state index contributed by atoms with van der Waals surface area (Å²) in [7, 11) is 0. The van der Waals surface area contributed by atoms with E-state index in [0.717, 1.165) is 36.2 Å². The number of aryl methyl sites for hydroxylation is 1. The molecule has 25 heavy (non-hydrogen) atoms. The number of aromatic nitrogens is 1. The number of hydrogen-bond acceptors (Lipinski definition) is 4. The first-order valence-corrected chi connectivity index (χ1v) is 9.03. The molecule has 1 saturated heterocycles. The summed E-state index contributed by atoms with van der Waals surface area (Å²) in [5.41, 5.74) is 2.16. The summed E-state index contributed by atoms with van der Waals surface area (Å²) < 4.78 is 5.73. The second-order valence-electron chi connectivity index (χ2n) is 6.73. The SMILES string of the molecule is Cc1nc2ccc(Cl)cc2cc1C(=O)NCCN1CC(C)OC(C)C1. The number of carbonyl (C=O) groups is 1. The first-order chi connectivity index (χ1) is 11.9. The van der Waals surface area contributed by atoms with Crippen molar-refractivity contribution in [2.24, 2.45) is 0 Å². The van der Waals surface area contributed by atoms with Gasteiger partial charge in [0.05, 0.1) is 29.0 Å². The lowest BCUT2D eigenvalue weighted by Gasteiger charge is -2.35. The normalized spacial score (nSPS) is 21.4. The number of nitrogens with one attached hydrogen (secondary N) is 1. The maximum atomic E-state index is 12.5. The second kappa shape index (κ2) is 7.68. The third-order valence-electron chi connectivity index (χ3n) is 4.42. The number of morpholine rings is 1. The monoisotopic (exact) mass is 361 g/mol. The topological polar surface area (TPSA) is 54.5 Å². The lowest BCUT2D eigenvalue weighted by molar-refractivity contribution is -0.0672. The molecule has 6 heteroatoms. The van der Waals surface area contributed by atoms with Crippen LogP contribution in [0.25, 0.3) is 10.9 Å². The molecule has 1 N–H and O–H groups in total. The highest BCUT2D eigenvalue weighted by molar-refractivity contribution is 6.31. The number of benzene rings is 1. The molecule has 134 valence electrons. The molecule has 0 spiro atoms. The van der Waals surface area contributed by atoms with E-state index in [0.29, 0.717) is 17.1 Å². The summed E-state index contributed by atoms with van der Waals surface area (Å²) >= 11 is 6.04. The van der Waals surface area contributed by atoms with Crippen LogP contribution in [-0.4, -0.2) is 54.2 Å². The summed E-state index contributed by atoms with van der Waals surface area (Å²) in [5.74, 6) is -0.0961. The minimum Gasteiger partial charge on any atom is -0.373 e. The zero-order valence-corrected chi connectivity index (χ0v) is 15.6. The van der Waals surface area contributed by atoms with Gasteiger partial charge < -0.3 is 10.1 Å². The summed E-state index contributed by atoms with van der Waals surface area (Å²) in [6, 6.07) is 7.36. The van der Waals surface area contributed by atoms with Crippen molar-refractivity contribution < 1.29 is 9.53 Å². The van der Waals surface area contributed by atoms with E-state index in [1.165, 1.54) is 0 Å². The molecule has 2 heterocycles. The van der Waals surface area contributed by atoms with Gasteiger partial charge in [0, 0.05) is 36.6 Å². The minimum absolute atomic E-state index is 0.0961. The zero-order valence-electron chi connectivity index (χ0n) is 14.9. The van der Waals surface area contributed by atoms with Crippen molar-refractivity contribution in [2.75, 3.05) is 26.2 Å². The van der Waals surface area contributed by atoms with Crippen molar-refractivity contribution in [1.82, 2.24) is 15.2 Å². The van der Waals surface area contributed by atoms with Crippen LogP contribution < -0.4 is 5.32 Å². The largest absolute Gasteiger partial charge is 0.373 e. The Labute approximate surface area is 153 Å². The number of hydrogen-bond donors (Lipinski definition) is 1. The fraction of sp³-hybridized carbons (Fsp3) is 0.474. The number of fused-ring (bicyclic) bond motifs is 1. The van der Waals surface area contributed by atoms with Gasteiger partial charge in [0.25, 0.3) is 5.91 Å². The van der Waals surface area contributed by atoms with Gasteiger partial charge in [0.15, 0.2) is 0 Å². The summed E-state index contributed by atoms with van der Waals surface area (Å²) in [4.78, 5) is 19.4. The van der Waals surface area contributed by atoms with Crippen molar-refractivity contribution in [2.45, 2.75) is 33.0 Å². The first-order valence-electron chi connectivity index (χ1n) is 8.65. The Kier molecular flexibility index (Phi) is 5.57. The molecule has 5 nitrogen and oxygen atoms in total. The molecule has 1 fully saturated rings. The molecule has 1 aliphatic heterocycles. The minimum atomic E-state index is -0.0961. The van der Waals surface area contributed by atoms with E-state index in [1.807, 2.05) is 25.1 Å². The quantitative estimate of drug-likeness (QED) is 0.909. The van der Waals surface area contributed by atoms with Crippen molar-refractivity contribution in [3.63, 3.8) is 0 Å². The van der Waals surface area contributed by atoms with Gasteiger partial charge in [-0.2, -0.15) is 0 Å². The van der Waals surface area contributed by atoms with E-state index in [-0.39, 0.29) is 18.1 Å². The molecule has 2 unspecified atom stereocenters. The third kappa shape index (κ3) is 4.48. The van der Waals surface area contributed by atoms with E-state index in [4.69, 9.17) is 16.3 Å². The molecule has 0 radical (unpaired) electrons. The van der Waals surface area contributed by atoms with Crippen LogP contribution in [0, 0.1) is 6.92 Å². The Morgan fingerprint density at radius 3 is 2.76 bits per heavy atom. The Morgan fingerprint density at radius 1 is 1.32 bits per heavy atom. The van der Waals surface area contributed by atoms with Crippen molar-refractivity contribution in [1.29, 1.82) is 0 Å². The smallest absolute Gasteiger partial charge is 0.253 e. The van der Waals surface area contributed by atoms with Gasteiger partial charge in [-0.1, -0.05) is 11.6 Å². The van der Waals surface area contributed by atoms with Crippen LogP contribution in [0.5, 0.6) is 0 Å². The van der Waals surface area contributed by atoms with E-state index >= 15 is 0 Å². The zero-order chi connectivity index (χ0) is 18.0. The fourth-order valence-corrected chi connectivity index (χ4v) is 3.54. The van der Waals surface area contributed by atoms with Gasteiger partial charge in [-0.05, 0) is 45.0 Å². The number of nitrogens with zero attached hydrogens (tertiary/aromatic N) is 2. The Bertz CT molecular complexity index is 771. The van der Waals surface area contributed by atoms with E-state index in [2.05, 4.69) is 29.0 Å². The molecule has 0 saturated carbocycles. The molecule has 2 atom stereocenters. The molecule has 1 aromatic heterocycles. The highest BCUT2D eigenvalue weighted by atomic mass is 35.5. The predicted octanol–water partition coefficient (Wildman–Crippen LogP) is 3.04. The van der Waals surface area contributed by atoms with E-state index < -0.39 is 0 Å². The summed E-state index contributed by atoms with van der Waals surface area (Å²) in [5, 5.41) is 4.51. The van der Waals surface area contributed by atoms with Gasteiger partial charge in [-0.3, -0.25) is 14.7 Å². The van der Waals surface area contributed by atoms with Crippen LogP contribution in [0.4, 0.5) is 0 Å². The van der Waals surface area contributed by atoms with E-state index in [9.17, 15) is 4.79 Å². The Hall–Kier alpha value is -1.69. The first kappa shape index (κ1) is 18.1. The molecule has 1 aliphatic rings. The van der Waals surface area contributed by atoms with Crippen LogP contribution >= 0.6 is 11.6 Å². The lowest BCUT2D eigenvalue weighted by Crippen LogP contribution is -2.47. The maximum absolute atomic E-state index is 12.5. The van der Waals surface area contributed by atoms with Gasteiger partial charge in [-0.15, -0.1) is 0 Å². The van der Waals surface area contributed by atoms with Crippen LogP contribution in [0.3, 0.4) is 0 Å². The van der Waals surface area contributed by atoms with E-state index in [1.54, 1.807) is 6.07 Å². The highest BCUT2D eigenvalue weighted by Gasteiger charge is 2.21. The second-order valence-corrected chi connectivity index (χ2v) is 7.17. The van der Waals surface area contributed by atoms with Gasteiger partial charge in [0.1, 0.15) is 0 Å². The van der Waals surface area contributed by atoms with Crippen LogP contribution in [0.15, 0.2) is 24.3 Å². The van der Waals surface area contributed by atoms with Crippen LogP contribution in [-0.2, 0) is 4.74 Å². The molecule has 3 rings (SSSR count). The maximum Gasteiger partial charge on any atom is 0.253 e. The summed E-state index contributed by atoms with van der Waals surface area (Å²) in [6.45, 7) is 9.23. The van der Waals surface area contributed by atoms with Crippen LogP contribution in [0.2, 0.25) is 5.02 Å². The van der Waals surface area contributed by atoms with Crippen molar-refractivity contribution in [3.8, 4) is 0 Å². The number of rotatable bonds is 4. The van der Waals surface area contributed by atoms with Gasteiger partial charge in [-0.25, -0.2) is 0 Å². The highest BCUT2D eigenvalue weighted by Crippen LogP contribution is 2.20. The summed E-state index contributed by atoms with van der Waals surface area (Å²) in [6.07, 6.45) is 0.465. The number of pyridine rings is 1. The number of ether oxygens (including phenoxy) is 1. The van der Waals surface area contributed by atoms with Crippen molar-refractivity contribution in [3.05, 3.63) is 40.5 Å². The molecule has 1 aromatic carbocycles. The molecular weight excluding hydrogens is 338 g/mol. The number of halogens is 1. The molecular formula is C19H24ClN3O2. The Balaban J connectivity index is 1.63. The molecule has 0 aliphatic carbocycles. The molecule has 0 bridgehead atoms. The predicted molar refractivity (Wildman–Crippen MR) is 100 cm³/mol. The average Bonchev–Trinajstić information content (AvgIpc) is 2.53. The third-order valence-corrected chi connectivity index (χ3v) is 4.66. The number of amides is 1. The molecule has 2 aromatic rings. The van der Waals surface area contributed by atoms with Gasteiger partial charge in [0.2, 0.25) is 0 Å². The average molecular weight is 362 g/mol. The Morgan fingerprint density at radius 2 is 2.04 bits per heavy atom. The van der Waals surface area contributed by atoms with Crippen molar-refractivity contribution >= 4 is 28.4 Å². The fourth-order valence-electron chi connectivity index (χ4n) is 3.36. The lowest BCUT2D eigenvalue weighted by atomic mass is 10.1. The number of carbonyl (C=O) groups excluding carboxylic acids is 1. The molecule has 1 amide bonds. The van der Waals surface area contributed by atoms with Gasteiger partial charge >= 0.3 is 0 Å². The van der Waals surface area contributed by atoms with Crippen LogP contribution in [0.1, 0.15) is 29.9 Å².